The Morgan fingerprint density at radius 3 is 2.30 bits per heavy atom. The quantitative estimate of drug-likeness (QED) is 0.415. The fourth-order valence-electron chi connectivity index (χ4n) is 4.93. The SMILES string of the molecule is [C-]#[N+]CC1CCN(c2cc(C)nc3c2c(C)c(C)n3-c2c(C)cc(Br)cc2C)CC1. The molecule has 0 N–H and O–H groups in total. The number of fused-ring (bicyclic) bond motifs is 1. The number of rotatable bonds is 3. The molecule has 3 aromatic rings. The summed E-state index contributed by atoms with van der Waals surface area (Å²) in [6.45, 7) is 20.7. The van der Waals surface area contributed by atoms with Crippen LogP contribution in [0, 0.1) is 47.1 Å². The molecule has 1 aliphatic heterocycles. The van der Waals surface area contributed by atoms with Gasteiger partial charge >= 0.3 is 0 Å². The average Bonchev–Trinajstić information content (AvgIpc) is 2.92. The Hall–Kier alpha value is -2.32. The van der Waals surface area contributed by atoms with E-state index < -0.39 is 0 Å². The molecule has 1 saturated heterocycles. The van der Waals surface area contributed by atoms with Crippen molar-refractivity contribution in [2.45, 2.75) is 47.5 Å². The Labute approximate surface area is 187 Å². The van der Waals surface area contributed by atoms with Crippen molar-refractivity contribution in [2.75, 3.05) is 24.5 Å². The van der Waals surface area contributed by atoms with Crippen molar-refractivity contribution in [3.63, 3.8) is 0 Å². The number of pyridine rings is 1. The number of anilines is 1. The van der Waals surface area contributed by atoms with Crippen LogP contribution in [0.25, 0.3) is 21.6 Å². The van der Waals surface area contributed by atoms with Gasteiger partial charge in [-0.3, -0.25) is 4.57 Å². The van der Waals surface area contributed by atoms with E-state index in [0.717, 1.165) is 41.7 Å². The van der Waals surface area contributed by atoms with Crippen LogP contribution < -0.4 is 4.90 Å². The largest absolute Gasteiger partial charge is 0.371 e. The van der Waals surface area contributed by atoms with Crippen LogP contribution in [0.15, 0.2) is 22.7 Å². The number of hydrogen-bond donors (Lipinski definition) is 0. The number of nitrogens with zero attached hydrogens (tertiary/aromatic N) is 4. The lowest BCUT2D eigenvalue weighted by Crippen LogP contribution is -2.34. The van der Waals surface area contributed by atoms with Gasteiger partial charge in [-0.1, -0.05) is 15.9 Å². The van der Waals surface area contributed by atoms with Crippen molar-refractivity contribution in [1.29, 1.82) is 0 Å². The Bertz CT molecular complexity index is 1140. The fraction of sp³-hybridized carbons (Fsp3) is 0.440. The molecule has 3 heterocycles. The van der Waals surface area contributed by atoms with Crippen LogP contribution in [0.1, 0.15) is 40.9 Å². The third-order valence-corrected chi connectivity index (χ3v) is 7.01. The van der Waals surface area contributed by atoms with Crippen molar-refractivity contribution in [2.24, 2.45) is 5.92 Å². The number of halogens is 1. The highest BCUT2D eigenvalue weighted by molar-refractivity contribution is 9.10. The first-order chi connectivity index (χ1) is 14.3. The minimum absolute atomic E-state index is 0.540. The Morgan fingerprint density at radius 2 is 1.70 bits per heavy atom. The highest BCUT2D eigenvalue weighted by Crippen LogP contribution is 2.38. The summed E-state index contributed by atoms with van der Waals surface area (Å²) in [4.78, 5) is 11.2. The third-order valence-electron chi connectivity index (χ3n) is 6.56. The second kappa shape index (κ2) is 8.07. The van der Waals surface area contributed by atoms with Crippen LogP contribution in [0.2, 0.25) is 0 Å². The smallest absolute Gasteiger partial charge is 0.217 e. The molecule has 0 amide bonds. The van der Waals surface area contributed by atoms with Gasteiger partial charge in [0, 0.05) is 45.9 Å². The van der Waals surface area contributed by atoms with Gasteiger partial charge in [0.05, 0.1) is 5.69 Å². The normalized spacial score (nSPS) is 15.0. The maximum absolute atomic E-state index is 7.17. The number of aryl methyl sites for hydroxylation is 4. The molecule has 1 aromatic carbocycles. The van der Waals surface area contributed by atoms with Gasteiger partial charge in [-0.15, -0.1) is 0 Å². The van der Waals surface area contributed by atoms with Crippen molar-refractivity contribution in [3.05, 3.63) is 62.2 Å². The predicted molar refractivity (Wildman–Crippen MR) is 129 cm³/mol. The van der Waals surface area contributed by atoms with Gasteiger partial charge < -0.3 is 9.74 Å². The number of piperidine rings is 1. The molecule has 1 aliphatic rings. The van der Waals surface area contributed by atoms with Gasteiger partial charge in [-0.05, 0) is 82.3 Å². The maximum atomic E-state index is 7.17. The molecule has 0 saturated carbocycles. The minimum Gasteiger partial charge on any atom is -0.371 e. The van der Waals surface area contributed by atoms with E-state index in [0.29, 0.717) is 12.5 Å². The lowest BCUT2D eigenvalue weighted by Gasteiger charge is -2.32. The van der Waals surface area contributed by atoms with Crippen molar-refractivity contribution >= 4 is 32.7 Å². The Balaban J connectivity index is 1.89. The molecule has 0 atom stereocenters. The summed E-state index contributed by atoms with van der Waals surface area (Å²) in [6.07, 6.45) is 2.18. The summed E-state index contributed by atoms with van der Waals surface area (Å²) >= 11 is 3.63. The van der Waals surface area contributed by atoms with Gasteiger partial charge in [0.1, 0.15) is 5.65 Å². The highest BCUT2D eigenvalue weighted by Gasteiger charge is 2.26. The molecule has 30 heavy (non-hydrogen) atoms. The molecule has 0 spiro atoms. The molecule has 5 heteroatoms. The van der Waals surface area contributed by atoms with Gasteiger partial charge in [-0.25, -0.2) is 11.6 Å². The third kappa shape index (κ3) is 3.52. The first kappa shape index (κ1) is 20.9. The predicted octanol–water partition coefficient (Wildman–Crippen LogP) is 6.47. The molecule has 0 aliphatic carbocycles. The number of aromatic nitrogens is 2. The van der Waals surface area contributed by atoms with Crippen molar-refractivity contribution in [1.82, 2.24) is 9.55 Å². The Morgan fingerprint density at radius 1 is 1.07 bits per heavy atom. The van der Waals surface area contributed by atoms with E-state index in [9.17, 15) is 0 Å². The molecular weight excluding hydrogens is 436 g/mol. The molecule has 4 rings (SSSR count). The standard InChI is InChI=1S/C25H29BrN4/c1-15-11-21(26)12-16(2)24(15)30-19(5)18(4)23-22(13-17(3)28-25(23)30)29-9-7-20(8-10-29)14-27-6/h11-13,20H,7-10,14H2,1-5H3. The van der Waals surface area contributed by atoms with Crippen LogP contribution in [0.3, 0.4) is 0 Å². The van der Waals surface area contributed by atoms with Gasteiger partial charge in [0.15, 0.2) is 0 Å². The molecule has 1 fully saturated rings. The lowest BCUT2D eigenvalue weighted by atomic mass is 9.96. The van der Waals surface area contributed by atoms with Crippen LogP contribution in [-0.4, -0.2) is 29.2 Å². The lowest BCUT2D eigenvalue weighted by molar-refractivity contribution is 0.431. The second-order valence-corrected chi connectivity index (χ2v) is 9.60. The summed E-state index contributed by atoms with van der Waals surface area (Å²) in [7, 11) is 0. The van der Waals surface area contributed by atoms with E-state index in [1.807, 2.05) is 0 Å². The molecule has 0 radical (unpaired) electrons. The van der Waals surface area contributed by atoms with E-state index in [1.165, 1.54) is 39.1 Å². The van der Waals surface area contributed by atoms with Gasteiger partial charge in [0.25, 0.3) is 0 Å². The van der Waals surface area contributed by atoms with Gasteiger partial charge in [-0.2, -0.15) is 0 Å². The fourth-order valence-corrected chi connectivity index (χ4v) is 5.62. The van der Waals surface area contributed by atoms with Crippen molar-refractivity contribution < 1.29 is 0 Å². The topological polar surface area (TPSA) is 25.4 Å². The zero-order valence-corrected chi connectivity index (χ0v) is 20.1. The van der Waals surface area contributed by atoms with E-state index in [-0.39, 0.29) is 0 Å². The number of hydrogen-bond acceptors (Lipinski definition) is 2. The van der Waals surface area contributed by atoms with Crippen LogP contribution >= 0.6 is 15.9 Å². The minimum atomic E-state index is 0.540. The molecular formula is C25H29BrN4. The van der Waals surface area contributed by atoms with E-state index in [2.05, 4.69) is 83.1 Å². The summed E-state index contributed by atoms with van der Waals surface area (Å²) in [5.41, 5.74) is 9.67. The molecule has 0 unspecified atom stereocenters. The number of benzene rings is 1. The Kier molecular flexibility index (Phi) is 5.63. The molecule has 2 aromatic heterocycles. The van der Waals surface area contributed by atoms with E-state index >= 15 is 0 Å². The summed E-state index contributed by atoms with van der Waals surface area (Å²) < 4.78 is 3.46. The summed E-state index contributed by atoms with van der Waals surface area (Å²) in [5, 5.41) is 1.27. The maximum Gasteiger partial charge on any atom is 0.217 e. The first-order valence-electron chi connectivity index (χ1n) is 10.7. The van der Waals surface area contributed by atoms with E-state index in [4.69, 9.17) is 11.6 Å². The molecule has 0 bridgehead atoms. The van der Waals surface area contributed by atoms with Crippen LogP contribution in [-0.2, 0) is 0 Å². The molecule has 156 valence electrons. The van der Waals surface area contributed by atoms with E-state index in [1.54, 1.807) is 0 Å². The van der Waals surface area contributed by atoms with Gasteiger partial charge in [0.2, 0.25) is 6.54 Å². The van der Waals surface area contributed by atoms with Crippen molar-refractivity contribution in [3.8, 4) is 5.69 Å². The summed E-state index contributed by atoms with van der Waals surface area (Å²) in [5.74, 6) is 0.540. The average molecular weight is 465 g/mol. The van der Waals surface area contributed by atoms with Crippen LogP contribution in [0.5, 0.6) is 0 Å². The van der Waals surface area contributed by atoms with Crippen LogP contribution in [0.4, 0.5) is 5.69 Å². The second-order valence-electron chi connectivity index (χ2n) is 8.69. The zero-order valence-electron chi connectivity index (χ0n) is 18.5. The summed E-state index contributed by atoms with van der Waals surface area (Å²) in [6, 6.07) is 6.61. The highest BCUT2D eigenvalue weighted by atomic mass is 79.9. The zero-order chi connectivity index (χ0) is 21.6. The molecule has 4 nitrogen and oxygen atoms in total. The first-order valence-corrected chi connectivity index (χ1v) is 11.5. The monoisotopic (exact) mass is 464 g/mol.